The van der Waals surface area contributed by atoms with E-state index in [0.717, 1.165) is 9.79 Å². The number of ether oxygens (including phenoxy) is 2. The van der Waals surface area contributed by atoms with E-state index >= 15 is 0 Å². The molecule has 0 amide bonds. The van der Waals surface area contributed by atoms with Crippen molar-refractivity contribution in [2.75, 3.05) is 13.2 Å². The first-order valence-corrected chi connectivity index (χ1v) is 8.02. The molecule has 0 aliphatic carbocycles. The molecule has 0 bridgehead atoms. The van der Waals surface area contributed by atoms with Crippen LogP contribution in [0.25, 0.3) is 4.98 Å². The molecular formula is C17H19ClN2O2SZn. The first-order chi connectivity index (χ1) is 10.7. The summed E-state index contributed by atoms with van der Waals surface area (Å²) in [7, 11) is 0. The van der Waals surface area contributed by atoms with Gasteiger partial charge in [0, 0.05) is 30.4 Å². The molecule has 0 spiro atoms. The number of aryl methyl sites for hydroxylation is 1. The van der Waals surface area contributed by atoms with Gasteiger partial charge in [-0.3, -0.25) is 0 Å². The summed E-state index contributed by atoms with van der Waals surface area (Å²) in [5.74, 6) is 1.23. The molecule has 0 atom stereocenters. The van der Waals surface area contributed by atoms with E-state index in [4.69, 9.17) is 14.9 Å². The Morgan fingerprint density at radius 2 is 1.58 bits per heavy atom. The van der Waals surface area contributed by atoms with E-state index in [0.29, 0.717) is 30.4 Å². The normalized spacial score (nSPS) is 9.25. The van der Waals surface area contributed by atoms with Crippen molar-refractivity contribution in [1.29, 1.82) is 5.39 Å². The Labute approximate surface area is 166 Å². The molecule has 0 aromatic heterocycles. The van der Waals surface area contributed by atoms with Crippen molar-refractivity contribution < 1.29 is 41.4 Å². The number of halogens is 1. The smallest absolute Gasteiger partial charge is 0.430 e. The van der Waals surface area contributed by atoms with Crippen LogP contribution in [0.5, 0.6) is 11.5 Å². The van der Waals surface area contributed by atoms with Gasteiger partial charge < -0.3 is 21.9 Å². The molecular weight excluding hydrogens is 397 g/mol. The van der Waals surface area contributed by atoms with Crippen LogP contribution in [0.3, 0.4) is 0 Å². The Balaban J connectivity index is 0.00000264. The number of hydrogen-bond acceptors (Lipinski definition) is 4. The number of hydrogen-bond donors (Lipinski definition) is 0. The third-order valence-electron chi connectivity index (χ3n) is 2.98. The average Bonchev–Trinajstić information content (AvgIpc) is 2.52. The van der Waals surface area contributed by atoms with Crippen molar-refractivity contribution in [3.8, 4) is 11.5 Å². The molecule has 2 rings (SSSR count). The standard InChI is InChI=1S/C17H19N2O2S.ClH.Zn/c1-4-20-15-11-17(16(21-5-2)10-14(15)19-18)22-13-8-6-12(3)7-9-13;;/h6-11H,4-5H2,1-3H3;1H;/q+1;;/p-1. The van der Waals surface area contributed by atoms with E-state index < -0.39 is 0 Å². The monoisotopic (exact) mass is 414 g/mol. The Hall–Kier alpha value is -1.28. The fourth-order valence-electron chi connectivity index (χ4n) is 1.96. The molecule has 0 saturated heterocycles. The van der Waals surface area contributed by atoms with E-state index in [1.807, 2.05) is 19.9 Å². The van der Waals surface area contributed by atoms with Gasteiger partial charge in [-0.15, -0.1) is 0 Å². The second kappa shape index (κ2) is 11.3. The zero-order valence-electron chi connectivity index (χ0n) is 14.1. The van der Waals surface area contributed by atoms with Gasteiger partial charge in [0.1, 0.15) is 5.75 Å². The van der Waals surface area contributed by atoms with Crippen molar-refractivity contribution in [2.24, 2.45) is 0 Å². The second-order valence-electron chi connectivity index (χ2n) is 4.65. The van der Waals surface area contributed by atoms with Gasteiger partial charge in [0.05, 0.1) is 24.2 Å². The summed E-state index contributed by atoms with van der Waals surface area (Å²) in [5.41, 5.74) is 1.59. The molecule has 7 heteroatoms. The molecule has 0 fully saturated rings. The summed E-state index contributed by atoms with van der Waals surface area (Å²) in [6, 6.07) is 11.8. The summed E-state index contributed by atoms with van der Waals surface area (Å²) in [4.78, 5) is 5.32. The Bertz CT molecular complexity index is 690. The third kappa shape index (κ3) is 5.98. The fraction of sp³-hybridized carbons (Fsp3) is 0.294. The summed E-state index contributed by atoms with van der Waals surface area (Å²) in [5, 5.41) is 9.13. The fourth-order valence-corrected chi connectivity index (χ4v) is 2.87. The Morgan fingerprint density at radius 3 is 2.12 bits per heavy atom. The zero-order chi connectivity index (χ0) is 15.9. The second-order valence-corrected chi connectivity index (χ2v) is 5.76. The van der Waals surface area contributed by atoms with Crippen LogP contribution in [0.1, 0.15) is 19.4 Å². The van der Waals surface area contributed by atoms with Crippen molar-refractivity contribution in [2.45, 2.75) is 30.6 Å². The van der Waals surface area contributed by atoms with E-state index in [2.05, 4.69) is 36.2 Å². The van der Waals surface area contributed by atoms with Crippen molar-refractivity contribution in [1.82, 2.24) is 0 Å². The van der Waals surface area contributed by atoms with Gasteiger partial charge in [0.15, 0.2) is 4.98 Å². The first-order valence-electron chi connectivity index (χ1n) is 7.21. The minimum Gasteiger partial charge on any atom is -1.00 e. The molecule has 0 aliphatic heterocycles. The van der Waals surface area contributed by atoms with Gasteiger partial charge in [0.2, 0.25) is 11.1 Å². The molecule has 4 nitrogen and oxygen atoms in total. The van der Waals surface area contributed by atoms with Gasteiger partial charge >= 0.3 is 5.69 Å². The zero-order valence-corrected chi connectivity index (χ0v) is 18.6. The predicted molar refractivity (Wildman–Crippen MR) is 88.8 cm³/mol. The molecule has 2 aromatic rings. The summed E-state index contributed by atoms with van der Waals surface area (Å²) >= 11 is 1.59. The molecule has 0 aliphatic rings. The van der Waals surface area contributed by atoms with Crippen molar-refractivity contribution in [3.63, 3.8) is 0 Å². The molecule has 0 heterocycles. The topological polar surface area (TPSA) is 46.6 Å². The van der Waals surface area contributed by atoms with Crippen molar-refractivity contribution >= 4 is 17.4 Å². The molecule has 124 valence electrons. The number of rotatable bonds is 6. The maximum absolute atomic E-state index is 9.13. The molecule has 0 N–H and O–H groups in total. The van der Waals surface area contributed by atoms with Gasteiger partial charge in [-0.1, -0.05) is 29.5 Å². The Morgan fingerprint density at radius 1 is 1.00 bits per heavy atom. The predicted octanol–water partition coefficient (Wildman–Crippen LogP) is 2.43. The largest absolute Gasteiger partial charge is 1.00 e. The van der Waals surface area contributed by atoms with Crippen LogP contribution in [-0.4, -0.2) is 13.2 Å². The van der Waals surface area contributed by atoms with Gasteiger partial charge in [0.25, 0.3) is 0 Å². The molecule has 24 heavy (non-hydrogen) atoms. The molecule has 2 aromatic carbocycles. The third-order valence-corrected chi connectivity index (χ3v) is 4.03. The molecule has 0 saturated carbocycles. The summed E-state index contributed by atoms with van der Waals surface area (Å²) < 4.78 is 11.2. The Kier molecular flexibility index (Phi) is 10.7. The number of diazo groups is 1. The van der Waals surface area contributed by atoms with E-state index in [-0.39, 0.29) is 31.9 Å². The SMILES string of the molecule is CCOc1cc(Sc2ccc(C)cc2)c(OCC)cc1[N+]#N.[Cl-].[Zn]. The van der Waals surface area contributed by atoms with Gasteiger partial charge in [-0.2, -0.15) is 0 Å². The maximum Gasteiger partial charge on any atom is 0.430 e. The number of benzene rings is 2. The van der Waals surface area contributed by atoms with Crippen LogP contribution in [0.2, 0.25) is 0 Å². The van der Waals surface area contributed by atoms with Crippen LogP contribution >= 0.6 is 11.8 Å². The van der Waals surface area contributed by atoms with E-state index in [1.54, 1.807) is 17.8 Å². The summed E-state index contributed by atoms with van der Waals surface area (Å²) in [6.07, 6.45) is 0. The summed E-state index contributed by atoms with van der Waals surface area (Å²) in [6.45, 7) is 6.92. The van der Waals surface area contributed by atoms with Gasteiger partial charge in [-0.05, 0) is 32.9 Å². The van der Waals surface area contributed by atoms with Crippen LogP contribution < -0.4 is 21.9 Å². The average molecular weight is 416 g/mol. The van der Waals surface area contributed by atoms with Crippen molar-refractivity contribution in [3.05, 3.63) is 46.9 Å². The van der Waals surface area contributed by atoms with Crippen LogP contribution in [0.4, 0.5) is 5.69 Å². The first kappa shape index (κ1) is 22.7. The van der Waals surface area contributed by atoms with Crippen LogP contribution in [0.15, 0.2) is 46.2 Å². The van der Waals surface area contributed by atoms with Gasteiger partial charge in [-0.25, -0.2) is 0 Å². The van der Waals surface area contributed by atoms with E-state index in [1.165, 1.54) is 5.56 Å². The van der Waals surface area contributed by atoms with E-state index in [9.17, 15) is 0 Å². The quantitative estimate of drug-likeness (QED) is 0.536. The molecule has 0 radical (unpaired) electrons. The number of nitrogens with zero attached hydrogens (tertiary/aromatic N) is 2. The minimum atomic E-state index is 0. The minimum absolute atomic E-state index is 0. The maximum atomic E-state index is 9.13. The molecule has 0 unspecified atom stereocenters. The van der Waals surface area contributed by atoms with Crippen LogP contribution in [0, 0.1) is 12.3 Å². The van der Waals surface area contributed by atoms with Crippen LogP contribution in [-0.2, 0) is 19.5 Å².